The molecule has 2 rings (SSSR count). The number of aryl methyl sites for hydroxylation is 1. The van der Waals surface area contributed by atoms with Crippen molar-refractivity contribution in [3.63, 3.8) is 0 Å². The summed E-state index contributed by atoms with van der Waals surface area (Å²) < 4.78 is 2.09. The molecule has 0 N–H and O–H groups in total. The summed E-state index contributed by atoms with van der Waals surface area (Å²) in [4.78, 5) is 0. The van der Waals surface area contributed by atoms with Gasteiger partial charge in [0.2, 0.25) is 0 Å². The first kappa shape index (κ1) is 13.7. The Labute approximate surface area is 121 Å². The zero-order valence-electron chi connectivity index (χ0n) is 10.2. The van der Waals surface area contributed by atoms with Gasteiger partial charge in [-0.15, -0.1) is 10.2 Å². The van der Waals surface area contributed by atoms with E-state index in [1.807, 2.05) is 25.1 Å². The molecule has 1 aromatic heterocycles. The third-order valence-electron chi connectivity index (χ3n) is 2.57. The Bertz CT molecular complexity index is 554. The lowest BCUT2D eigenvalue weighted by atomic mass is 10.2. The zero-order valence-corrected chi connectivity index (χ0v) is 12.5. The van der Waals surface area contributed by atoms with E-state index in [0.29, 0.717) is 10.0 Å². The maximum atomic E-state index is 5.98. The molecule has 1 aromatic carbocycles. The fourth-order valence-electron chi connectivity index (χ4n) is 1.61. The molecule has 0 amide bonds. The molecule has 18 heavy (non-hydrogen) atoms. The maximum absolute atomic E-state index is 5.98. The molecule has 0 saturated heterocycles. The fraction of sp³-hybridized carbons (Fsp3) is 0.333. The van der Waals surface area contributed by atoms with Crippen LogP contribution < -0.4 is 0 Å². The van der Waals surface area contributed by atoms with Gasteiger partial charge in [0.25, 0.3) is 0 Å². The van der Waals surface area contributed by atoms with Crippen molar-refractivity contribution < 1.29 is 0 Å². The molecule has 0 bridgehead atoms. The summed E-state index contributed by atoms with van der Waals surface area (Å²) in [5.41, 5.74) is 1.12. The molecule has 2 aromatic rings. The number of nitrogens with zero attached hydrogens (tertiary/aromatic N) is 3. The molecule has 0 aliphatic rings. The smallest absolute Gasteiger partial charge is 0.191 e. The molecule has 0 radical (unpaired) electrons. The highest BCUT2D eigenvalue weighted by molar-refractivity contribution is 7.98. The summed E-state index contributed by atoms with van der Waals surface area (Å²) in [7, 11) is 0. The molecule has 6 heteroatoms. The highest BCUT2D eigenvalue weighted by Gasteiger charge is 2.08. The Morgan fingerprint density at radius 1 is 1.22 bits per heavy atom. The normalized spacial score (nSPS) is 10.9. The number of halogens is 2. The van der Waals surface area contributed by atoms with Crippen LogP contribution >= 0.6 is 35.0 Å². The van der Waals surface area contributed by atoms with E-state index in [1.165, 1.54) is 0 Å². The third-order valence-corrected chi connectivity index (χ3v) is 4.35. The monoisotopic (exact) mass is 301 g/mol. The van der Waals surface area contributed by atoms with Crippen molar-refractivity contribution in [2.75, 3.05) is 0 Å². The minimum Gasteiger partial charge on any atom is -0.307 e. The molecule has 0 fully saturated rings. The van der Waals surface area contributed by atoms with Crippen molar-refractivity contribution in [1.29, 1.82) is 0 Å². The molecule has 0 atom stereocenters. The van der Waals surface area contributed by atoms with E-state index >= 15 is 0 Å². The van der Waals surface area contributed by atoms with Crippen LogP contribution in [0.5, 0.6) is 0 Å². The highest BCUT2D eigenvalue weighted by Crippen LogP contribution is 2.27. The third kappa shape index (κ3) is 2.99. The lowest BCUT2D eigenvalue weighted by Crippen LogP contribution is -1.99. The van der Waals surface area contributed by atoms with E-state index in [2.05, 4.69) is 21.7 Å². The fourth-order valence-corrected chi connectivity index (χ4v) is 2.92. The van der Waals surface area contributed by atoms with Crippen molar-refractivity contribution in [2.45, 2.75) is 31.3 Å². The minimum absolute atomic E-state index is 0.581. The van der Waals surface area contributed by atoms with E-state index in [1.54, 1.807) is 11.8 Å². The summed E-state index contributed by atoms with van der Waals surface area (Å²) in [5.74, 6) is 1.74. The predicted octanol–water partition coefficient (Wildman–Crippen LogP) is 4.21. The summed E-state index contributed by atoms with van der Waals surface area (Å²) in [5, 5.41) is 10.3. The summed E-state index contributed by atoms with van der Waals surface area (Å²) >= 11 is 13.5. The maximum Gasteiger partial charge on any atom is 0.191 e. The van der Waals surface area contributed by atoms with Gasteiger partial charge >= 0.3 is 0 Å². The van der Waals surface area contributed by atoms with Crippen molar-refractivity contribution in [2.24, 2.45) is 0 Å². The van der Waals surface area contributed by atoms with E-state index in [0.717, 1.165) is 28.8 Å². The summed E-state index contributed by atoms with van der Waals surface area (Å²) in [6.45, 7) is 4.92. The topological polar surface area (TPSA) is 30.7 Å². The molecule has 1 heterocycles. The summed E-state index contributed by atoms with van der Waals surface area (Å²) in [6, 6.07) is 5.67. The molecule has 0 unspecified atom stereocenters. The molecular formula is C12H13Cl2N3S. The molecular weight excluding hydrogens is 289 g/mol. The van der Waals surface area contributed by atoms with E-state index in [4.69, 9.17) is 23.2 Å². The van der Waals surface area contributed by atoms with Gasteiger partial charge in [-0.05, 0) is 31.5 Å². The van der Waals surface area contributed by atoms with Crippen LogP contribution in [0.2, 0.25) is 10.0 Å². The number of benzene rings is 1. The summed E-state index contributed by atoms with van der Waals surface area (Å²) in [6.07, 6.45) is 0. The van der Waals surface area contributed by atoms with Gasteiger partial charge < -0.3 is 4.57 Å². The minimum atomic E-state index is 0.581. The lowest BCUT2D eigenvalue weighted by molar-refractivity contribution is 0.662. The van der Waals surface area contributed by atoms with Gasteiger partial charge in [0, 0.05) is 12.3 Å². The van der Waals surface area contributed by atoms with E-state index in [9.17, 15) is 0 Å². The zero-order chi connectivity index (χ0) is 13.1. The number of aromatic nitrogens is 3. The van der Waals surface area contributed by atoms with Crippen LogP contribution in [-0.2, 0) is 12.3 Å². The quantitative estimate of drug-likeness (QED) is 0.793. The average Bonchev–Trinajstić information content (AvgIpc) is 2.71. The lowest BCUT2D eigenvalue weighted by Gasteiger charge is -2.05. The molecule has 0 saturated carbocycles. The van der Waals surface area contributed by atoms with Crippen LogP contribution in [0.15, 0.2) is 23.4 Å². The number of rotatable bonds is 4. The second-order valence-electron chi connectivity index (χ2n) is 3.81. The van der Waals surface area contributed by atoms with Gasteiger partial charge in [-0.2, -0.15) is 0 Å². The van der Waals surface area contributed by atoms with Crippen molar-refractivity contribution in [3.8, 4) is 0 Å². The standard InChI is InChI=1S/C12H13Cl2N3S/c1-3-17-8(2)15-16-12(17)18-7-9-4-5-10(13)11(14)6-9/h4-6H,3,7H2,1-2H3. The van der Waals surface area contributed by atoms with Gasteiger partial charge in [-0.1, -0.05) is 41.0 Å². The van der Waals surface area contributed by atoms with Gasteiger partial charge in [0.05, 0.1) is 10.0 Å². The van der Waals surface area contributed by atoms with E-state index < -0.39 is 0 Å². The first-order valence-electron chi connectivity index (χ1n) is 5.58. The SMILES string of the molecule is CCn1c(C)nnc1SCc1ccc(Cl)c(Cl)c1. The van der Waals surface area contributed by atoms with Crippen LogP contribution in [0.25, 0.3) is 0 Å². The van der Waals surface area contributed by atoms with Gasteiger partial charge in [0.1, 0.15) is 5.82 Å². The first-order chi connectivity index (χ1) is 8.61. The largest absolute Gasteiger partial charge is 0.307 e. The Morgan fingerprint density at radius 3 is 2.67 bits per heavy atom. The number of hydrogen-bond acceptors (Lipinski definition) is 3. The second-order valence-corrected chi connectivity index (χ2v) is 5.57. The molecule has 0 spiro atoms. The van der Waals surface area contributed by atoms with Crippen molar-refractivity contribution in [1.82, 2.24) is 14.8 Å². The van der Waals surface area contributed by atoms with Crippen LogP contribution in [0.1, 0.15) is 18.3 Å². The van der Waals surface area contributed by atoms with Gasteiger partial charge in [-0.3, -0.25) is 0 Å². The Kier molecular flexibility index (Phi) is 4.54. The number of thioether (sulfide) groups is 1. The van der Waals surface area contributed by atoms with Crippen LogP contribution in [0.4, 0.5) is 0 Å². The Hall–Kier alpha value is -0.710. The average molecular weight is 302 g/mol. The Balaban J connectivity index is 2.09. The molecule has 0 aliphatic carbocycles. The van der Waals surface area contributed by atoms with Gasteiger partial charge in [0.15, 0.2) is 5.16 Å². The Morgan fingerprint density at radius 2 is 2.00 bits per heavy atom. The van der Waals surface area contributed by atoms with Crippen LogP contribution in [-0.4, -0.2) is 14.8 Å². The van der Waals surface area contributed by atoms with Crippen LogP contribution in [0, 0.1) is 6.92 Å². The number of hydrogen-bond donors (Lipinski definition) is 0. The van der Waals surface area contributed by atoms with E-state index in [-0.39, 0.29) is 0 Å². The molecule has 0 aliphatic heterocycles. The first-order valence-corrected chi connectivity index (χ1v) is 7.32. The van der Waals surface area contributed by atoms with Crippen molar-refractivity contribution in [3.05, 3.63) is 39.6 Å². The predicted molar refractivity (Wildman–Crippen MR) is 76.5 cm³/mol. The highest BCUT2D eigenvalue weighted by atomic mass is 35.5. The van der Waals surface area contributed by atoms with Gasteiger partial charge in [-0.25, -0.2) is 0 Å². The van der Waals surface area contributed by atoms with Crippen molar-refractivity contribution >= 4 is 35.0 Å². The second kappa shape index (κ2) is 5.95. The molecule has 3 nitrogen and oxygen atoms in total. The molecule has 96 valence electrons. The van der Waals surface area contributed by atoms with Crippen LogP contribution in [0.3, 0.4) is 0 Å².